The van der Waals surface area contributed by atoms with Crippen LogP contribution in [0.2, 0.25) is 5.02 Å². The molecule has 0 saturated heterocycles. The molecule has 0 fully saturated rings. The van der Waals surface area contributed by atoms with Crippen LogP contribution in [-0.4, -0.2) is 26.8 Å². The molecule has 142 valence electrons. The smallest absolute Gasteiger partial charge is 0.262 e. The molecular weight excluding hydrogens is 370 g/mol. The zero-order chi connectivity index (χ0) is 19.5. The van der Waals surface area contributed by atoms with Crippen LogP contribution in [0, 0.1) is 5.92 Å². The van der Waals surface area contributed by atoms with Gasteiger partial charge >= 0.3 is 0 Å². The number of rotatable bonds is 6. The largest absolute Gasteiger partial charge is 0.351 e. The molecule has 1 N–H and O–H groups in total. The molecule has 0 unspecified atom stereocenters. The molecule has 1 heterocycles. The van der Waals surface area contributed by atoms with Gasteiger partial charge in [0, 0.05) is 17.1 Å². The van der Waals surface area contributed by atoms with E-state index < -0.39 is 0 Å². The van der Waals surface area contributed by atoms with Gasteiger partial charge in [-0.15, -0.1) is 0 Å². The lowest BCUT2D eigenvalue weighted by Gasteiger charge is -2.20. The Morgan fingerprint density at radius 2 is 2.04 bits per heavy atom. The molecule has 0 atom stereocenters. The van der Waals surface area contributed by atoms with Gasteiger partial charge in [-0.3, -0.25) is 14.2 Å². The molecule has 7 heteroatoms. The van der Waals surface area contributed by atoms with Gasteiger partial charge in [-0.2, -0.15) is 0 Å². The molecular formula is C19H26ClN3O2S. The molecule has 5 nitrogen and oxygen atoms in total. The van der Waals surface area contributed by atoms with Crippen LogP contribution in [0.1, 0.15) is 41.0 Å². The van der Waals surface area contributed by atoms with Crippen molar-refractivity contribution in [2.45, 2.75) is 58.3 Å². The fourth-order valence-corrected chi connectivity index (χ4v) is 3.44. The molecule has 0 radical (unpaired) electrons. The van der Waals surface area contributed by atoms with E-state index in [2.05, 4.69) is 24.1 Å². The van der Waals surface area contributed by atoms with Crippen molar-refractivity contribution in [3.05, 3.63) is 33.6 Å². The molecule has 0 aliphatic rings. The Morgan fingerprint density at radius 3 is 2.65 bits per heavy atom. The maximum absolute atomic E-state index is 12.9. The summed E-state index contributed by atoms with van der Waals surface area (Å²) in [6, 6.07) is 5.09. The first-order valence-corrected chi connectivity index (χ1v) is 10.1. The van der Waals surface area contributed by atoms with Gasteiger partial charge in [0.05, 0.1) is 16.7 Å². The predicted molar refractivity (Wildman–Crippen MR) is 109 cm³/mol. The number of nitrogens with zero attached hydrogens (tertiary/aromatic N) is 2. The van der Waals surface area contributed by atoms with E-state index in [0.717, 1.165) is 6.42 Å². The third-order valence-electron chi connectivity index (χ3n) is 3.66. The second kappa shape index (κ2) is 8.44. The Labute approximate surface area is 163 Å². The first kappa shape index (κ1) is 20.8. The molecule has 2 aromatic rings. The minimum absolute atomic E-state index is 0.0849. The number of carbonyl (C=O) groups excluding carboxylic acids is 1. The van der Waals surface area contributed by atoms with Gasteiger partial charge in [-0.25, -0.2) is 4.98 Å². The van der Waals surface area contributed by atoms with E-state index in [1.807, 2.05) is 20.8 Å². The van der Waals surface area contributed by atoms with Crippen molar-refractivity contribution < 1.29 is 4.79 Å². The van der Waals surface area contributed by atoms with Crippen molar-refractivity contribution in [1.29, 1.82) is 0 Å². The highest BCUT2D eigenvalue weighted by Gasteiger charge is 2.17. The Bertz CT molecular complexity index is 856. The highest BCUT2D eigenvalue weighted by molar-refractivity contribution is 7.99. The fourth-order valence-electron chi connectivity index (χ4n) is 2.45. The molecule has 1 aromatic carbocycles. The van der Waals surface area contributed by atoms with Crippen LogP contribution in [0.15, 0.2) is 28.2 Å². The van der Waals surface area contributed by atoms with Crippen LogP contribution in [0.25, 0.3) is 10.9 Å². The second-order valence-electron chi connectivity index (χ2n) is 7.78. The van der Waals surface area contributed by atoms with Crippen molar-refractivity contribution in [2.75, 3.05) is 5.75 Å². The number of nitrogens with one attached hydrogen (secondary N) is 1. The maximum Gasteiger partial charge on any atom is 0.262 e. The summed E-state index contributed by atoms with van der Waals surface area (Å²) in [5.41, 5.74) is 0.173. The summed E-state index contributed by atoms with van der Waals surface area (Å²) in [4.78, 5) is 29.7. The van der Waals surface area contributed by atoms with Crippen molar-refractivity contribution in [3.8, 4) is 0 Å². The predicted octanol–water partition coefficient (Wildman–Crippen LogP) is 4.10. The van der Waals surface area contributed by atoms with Crippen LogP contribution >= 0.6 is 23.4 Å². The fraction of sp³-hybridized carbons (Fsp3) is 0.526. The van der Waals surface area contributed by atoms with E-state index in [0.29, 0.717) is 33.5 Å². The number of amides is 1. The topological polar surface area (TPSA) is 64.0 Å². The zero-order valence-electron chi connectivity index (χ0n) is 15.9. The quantitative estimate of drug-likeness (QED) is 0.590. The van der Waals surface area contributed by atoms with E-state index in [9.17, 15) is 9.59 Å². The summed E-state index contributed by atoms with van der Waals surface area (Å²) >= 11 is 7.33. The SMILES string of the molecule is CC(C)CCn1c(SCC(=O)NC(C)(C)C)nc2cc(Cl)ccc2c1=O. The Hall–Kier alpha value is -1.53. The number of halogens is 1. The minimum Gasteiger partial charge on any atom is -0.351 e. The molecule has 0 aliphatic carbocycles. The molecule has 0 bridgehead atoms. The molecule has 0 aliphatic heterocycles. The monoisotopic (exact) mass is 395 g/mol. The highest BCUT2D eigenvalue weighted by atomic mass is 35.5. The van der Waals surface area contributed by atoms with Crippen LogP contribution in [0.5, 0.6) is 0 Å². The number of fused-ring (bicyclic) bond motifs is 1. The second-order valence-corrected chi connectivity index (χ2v) is 9.16. The third kappa shape index (κ3) is 5.74. The first-order chi connectivity index (χ1) is 12.1. The van der Waals surface area contributed by atoms with Gasteiger partial charge in [0.15, 0.2) is 5.16 Å². The minimum atomic E-state index is -0.292. The number of carbonyl (C=O) groups is 1. The molecule has 1 aromatic heterocycles. The Morgan fingerprint density at radius 1 is 1.35 bits per heavy atom. The van der Waals surface area contributed by atoms with Crippen LogP contribution in [-0.2, 0) is 11.3 Å². The number of hydrogen-bond donors (Lipinski definition) is 1. The van der Waals surface area contributed by atoms with Crippen molar-refractivity contribution >= 4 is 40.2 Å². The van der Waals surface area contributed by atoms with Gasteiger partial charge in [-0.1, -0.05) is 37.2 Å². The maximum atomic E-state index is 12.9. The van der Waals surface area contributed by atoms with E-state index in [1.54, 1.807) is 22.8 Å². The van der Waals surface area contributed by atoms with Gasteiger partial charge in [0.2, 0.25) is 5.91 Å². The Kier molecular flexibility index (Phi) is 6.74. The zero-order valence-corrected chi connectivity index (χ0v) is 17.5. The van der Waals surface area contributed by atoms with Crippen molar-refractivity contribution in [3.63, 3.8) is 0 Å². The van der Waals surface area contributed by atoms with Gasteiger partial charge in [0.25, 0.3) is 5.56 Å². The molecule has 26 heavy (non-hydrogen) atoms. The normalized spacial score (nSPS) is 12.0. The summed E-state index contributed by atoms with van der Waals surface area (Å²) in [5, 5.41) is 4.55. The summed E-state index contributed by atoms with van der Waals surface area (Å²) in [6.07, 6.45) is 0.864. The number of benzene rings is 1. The molecule has 2 rings (SSSR count). The number of hydrogen-bond acceptors (Lipinski definition) is 4. The Balaban J connectivity index is 2.36. The average Bonchev–Trinajstić information content (AvgIpc) is 2.50. The summed E-state index contributed by atoms with van der Waals surface area (Å²) in [5.74, 6) is 0.584. The third-order valence-corrected chi connectivity index (χ3v) is 4.87. The average molecular weight is 396 g/mol. The van der Waals surface area contributed by atoms with Crippen LogP contribution < -0.4 is 10.9 Å². The summed E-state index contributed by atoms with van der Waals surface area (Å²) < 4.78 is 1.67. The van der Waals surface area contributed by atoms with E-state index in [1.165, 1.54) is 11.8 Å². The summed E-state index contributed by atoms with van der Waals surface area (Å²) in [7, 11) is 0. The van der Waals surface area contributed by atoms with Crippen LogP contribution in [0.3, 0.4) is 0 Å². The lowest BCUT2D eigenvalue weighted by Crippen LogP contribution is -2.41. The standard InChI is InChI=1S/C19H26ClN3O2S/c1-12(2)8-9-23-17(25)14-7-6-13(20)10-15(14)21-18(23)26-11-16(24)22-19(3,4)5/h6-7,10,12H,8-9,11H2,1-5H3,(H,22,24). The van der Waals surface area contributed by atoms with Crippen molar-refractivity contribution in [2.24, 2.45) is 5.92 Å². The van der Waals surface area contributed by atoms with Gasteiger partial charge in [0.1, 0.15) is 0 Å². The van der Waals surface area contributed by atoms with E-state index in [-0.39, 0.29) is 22.8 Å². The number of aromatic nitrogens is 2. The van der Waals surface area contributed by atoms with Crippen LogP contribution in [0.4, 0.5) is 0 Å². The summed E-state index contributed by atoms with van der Waals surface area (Å²) in [6.45, 7) is 10.6. The van der Waals surface area contributed by atoms with Gasteiger partial charge in [-0.05, 0) is 51.3 Å². The highest BCUT2D eigenvalue weighted by Crippen LogP contribution is 2.21. The van der Waals surface area contributed by atoms with Gasteiger partial charge < -0.3 is 5.32 Å². The molecule has 0 saturated carbocycles. The first-order valence-electron chi connectivity index (χ1n) is 8.71. The molecule has 0 spiro atoms. The lowest BCUT2D eigenvalue weighted by molar-refractivity contribution is -0.119. The van der Waals surface area contributed by atoms with E-state index in [4.69, 9.17) is 11.6 Å². The van der Waals surface area contributed by atoms with Crippen molar-refractivity contribution in [1.82, 2.24) is 14.9 Å². The molecule has 1 amide bonds. The lowest BCUT2D eigenvalue weighted by atomic mass is 10.1. The van der Waals surface area contributed by atoms with E-state index >= 15 is 0 Å². The number of thioether (sulfide) groups is 1.